The van der Waals surface area contributed by atoms with Crippen molar-refractivity contribution in [1.29, 1.82) is 0 Å². The van der Waals surface area contributed by atoms with Crippen molar-refractivity contribution in [3.63, 3.8) is 0 Å². The molecule has 1 aliphatic rings. The van der Waals surface area contributed by atoms with E-state index in [1.165, 1.54) is 24.2 Å². The van der Waals surface area contributed by atoms with Gasteiger partial charge in [0.1, 0.15) is 0 Å². The number of nitrogens with zero attached hydrogens (tertiary/aromatic N) is 2. The van der Waals surface area contributed by atoms with Crippen LogP contribution in [0, 0.1) is 0 Å². The molecule has 1 aromatic heterocycles. The summed E-state index contributed by atoms with van der Waals surface area (Å²) in [6.45, 7) is 6.57. The van der Waals surface area contributed by atoms with Crippen molar-refractivity contribution < 1.29 is 4.79 Å². The predicted molar refractivity (Wildman–Crippen MR) is 72.2 cm³/mol. The molecule has 1 saturated carbocycles. The van der Waals surface area contributed by atoms with Gasteiger partial charge in [0.15, 0.2) is 11.4 Å². The molecule has 1 aromatic rings. The Morgan fingerprint density at radius 1 is 1.53 bits per heavy atom. The number of carbonyl (C=O) groups excluding carboxylic acids is 1. The molecule has 2 rings (SSSR count). The zero-order valence-corrected chi connectivity index (χ0v) is 11.8. The summed E-state index contributed by atoms with van der Waals surface area (Å²) in [4.78, 5) is 18.7. The van der Waals surface area contributed by atoms with Crippen LogP contribution >= 0.6 is 11.3 Å². The van der Waals surface area contributed by atoms with Crippen molar-refractivity contribution in [2.45, 2.75) is 51.5 Å². The van der Waals surface area contributed by atoms with E-state index >= 15 is 0 Å². The lowest BCUT2D eigenvalue weighted by molar-refractivity contribution is 0.112. The quantitative estimate of drug-likeness (QED) is 0.752. The van der Waals surface area contributed by atoms with E-state index in [0.717, 1.165) is 28.4 Å². The number of aldehydes is 1. The Balaban J connectivity index is 2.29. The van der Waals surface area contributed by atoms with Gasteiger partial charge in [-0.05, 0) is 33.1 Å². The minimum Gasteiger partial charge on any atom is -0.346 e. The molecule has 0 aliphatic heterocycles. The molecule has 1 aliphatic carbocycles. The molecule has 3 nitrogen and oxygen atoms in total. The number of anilines is 1. The highest BCUT2D eigenvalue weighted by molar-refractivity contribution is 7.17. The lowest BCUT2D eigenvalue weighted by atomic mass is 10.0. The number of rotatable bonds is 5. The zero-order valence-electron chi connectivity index (χ0n) is 11.0. The molecule has 0 spiro atoms. The van der Waals surface area contributed by atoms with E-state index in [2.05, 4.69) is 37.7 Å². The van der Waals surface area contributed by atoms with Gasteiger partial charge in [-0.1, -0.05) is 18.3 Å². The Morgan fingerprint density at radius 3 is 2.65 bits per heavy atom. The van der Waals surface area contributed by atoms with E-state index in [0.29, 0.717) is 5.92 Å². The second-order valence-corrected chi connectivity index (χ2v) is 6.37. The third kappa shape index (κ3) is 2.37. The molecule has 0 saturated heterocycles. The summed E-state index contributed by atoms with van der Waals surface area (Å²) in [6.07, 6.45) is 4.38. The summed E-state index contributed by atoms with van der Waals surface area (Å²) in [6, 6.07) is 0. The third-order valence-corrected chi connectivity index (χ3v) is 4.87. The molecular formula is C13H20N2OS. The lowest BCUT2D eigenvalue weighted by Gasteiger charge is -2.34. The first-order chi connectivity index (χ1) is 7.99. The molecule has 0 unspecified atom stereocenters. The lowest BCUT2D eigenvalue weighted by Crippen LogP contribution is -2.40. The van der Waals surface area contributed by atoms with E-state index in [1.54, 1.807) is 0 Å². The smallest absolute Gasteiger partial charge is 0.186 e. The summed E-state index contributed by atoms with van der Waals surface area (Å²) >= 11 is 1.52. The first-order valence-electron chi connectivity index (χ1n) is 6.19. The van der Waals surface area contributed by atoms with E-state index in [4.69, 9.17) is 0 Å². The topological polar surface area (TPSA) is 33.2 Å². The molecule has 0 aromatic carbocycles. The molecule has 94 valence electrons. The van der Waals surface area contributed by atoms with Gasteiger partial charge >= 0.3 is 0 Å². The summed E-state index contributed by atoms with van der Waals surface area (Å²) in [5.41, 5.74) is 1.11. The van der Waals surface area contributed by atoms with Crippen LogP contribution in [0.25, 0.3) is 0 Å². The molecule has 1 heterocycles. The molecular weight excluding hydrogens is 232 g/mol. The van der Waals surface area contributed by atoms with Crippen molar-refractivity contribution in [2.24, 2.45) is 0 Å². The van der Waals surface area contributed by atoms with Crippen LogP contribution < -0.4 is 4.90 Å². The Hall–Kier alpha value is -0.900. The van der Waals surface area contributed by atoms with Gasteiger partial charge in [0, 0.05) is 18.5 Å². The number of thiazole rings is 1. The van der Waals surface area contributed by atoms with Gasteiger partial charge in [-0.15, -0.1) is 0 Å². The zero-order chi connectivity index (χ0) is 12.6. The van der Waals surface area contributed by atoms with E-state index in [1.807, 2.05) is 0 Å². The normalized spacial score (nSPS) is 16.0. The van der Waals surface area contributed by atoms with Crippen molar-refractivity contribution in [3.05, 3.63) is 10.6 Å². The second-order valence-electron chi connectivity index (χ2n) is 5.36. The van der Waals surface area contributed by atoms with Crippen LogP contribution in [-0.4, -0.2) is 23.9 Å². The molecule has 0 atom stereocenters. The minimum atomic E-state index is 0.0822. The molecule has 1 fully saturated rings. The second kappa shape index (κ2) is 4.41. The number of carbonyl (C=O) groups is 1. The Kier molecular flexibility index (Phi) is 3.25. The maximum absolute atomic E-state index is 11.1. The molecule has 0 amide bonds. The molecule has 17 heavy (non-hydrogen) atoms. The fraction of sp³-hybridized carbons (Fsp3) is 0.692. The monoisotopic (exact) mass is 252 g/mol. The van der Waals surface area contributed by atoms with Crippen LogP contribution in [0.1, 0.15) is 61.3 Å². The molecule has 0 radical (unpaired) electrons. The van der Waals surface area contributed by atoms with Gasteiger partial charge in [-0.3, -0.25) is 4.79 Å². The highest BCUT2D eigenvalue weighted by Crippen LogP contribution is 2.44. The van der Waals surface area contributed by atoms with Gasteiger partial charge < -0.3 is 4.90 Å². The van der Waals surface area contributed by atoms with Crippen LogP contribution in [0.5, 0.6) is 0 Å². The van der Waals surface area contributed by atoms with Crippen LogP contribution in [-0.2, 0) is 0 Å². The molecule has 0 N–H and O–H groups in total. The van der Waals surface area contributed by atoms with Crippen LogP contribution in [0.3, 0.4) is 0 Å². The average Bonchev–Trinajstić information content (AvgIpc) is 3.07. The number of aromatic nitrogens is 1. The van der Waals surface area contributed by atoms with Crippen molar-refractivity contribution in [3.8, 4) is 0 Å². The van der Waals surface area contributed by atoms with E-state index < -0.39 is 0 Å². The summed E-state index contributed by atoms with van der Waals surface area (Å²) in [5, 5.41) is 0.973. The SMILES string of the molecule is CCC(C)(C)N(C)c1nc(C2CC2)c(C=O)s1. The predicted octanol–water partition coefficient (Wildman–Crippen LogP) is 3.46. The summed E-state index contributed by atoms with van der Waals surface area (Å²) < 4.78 is 0. The molecule has 0 bridgehead atoms. The fourth-order valence-corrected chi connectivity index (χ4v) is 2.79. The number of hydrogen-bond donors (Lipinski definition) is 0. The van der Waals surface area contributed by atoms with Gasteiger partial charge in [-0.25, -0.2) is 4.98 Å². The maximum atomic E-state index is 11.1. The highest BCUT2D eigenvalue weighted by Gasteiger charge is 2.32. The van der Waals surface area contributed by atoms with E-state index in [9.17, 15) is 4.79 Å². The van der Waals surface area contributed by atoms with Gasteiger partial charge in [0.2, 0.25) is 0 Å². The van der Waals surface area contributed by atoms with Gasteiger partial charge in [0.05, 0.1) is 10.6 Å². The Bertz CT molecular complexity index is 421. The fourth-order valence-electron chi connectivity index (χ4n) is 1.70. The largest absolute Gasteiger partial charge is 0.346 e. The van der Waals surface area contributed by atoms with Gasteiger partial charge in [-0.2, -0.15) is 0 Å². The van der Waals surface area contributed by atoms with Crippen LogP contribution in [0.4, 0.5) is 5.13 Å². The minimum absolute atomic E-state index is 0.0822. The first kappa shape index (κ1) is 12.6. The summed E-state index contributed by atoms with van der Waals surface area (Å²) in [5.74, 6) is 0.540. The van der Waals surface area contributed by atoms with Crippen molar-refractivity contribution in [2.75, 3.05) is 11.9 Å². The Labute approximate surface area is 107 Å². The average molecular weight is 252 g/mol. The Morgan fingerprint density at radius 2 is 2.18 bits per heavy atom. The van der Waals surface area contributed by atoms with Crippen LogP contribution in [0.2, 0.25) is 0 Å². The van der Waals surface area contributed by atoms with E-state index in [-0.39, 0.29) is 5.54 Å². The maximum Gasteiger partial charge on any atom is 0.186 e. The van der Waals surface area contributed by atoms with Crippen LogP contribution in [0.15, 0.2) is 0 Å². The highest BCUT2D eigenvalue weighted by atomic mass is 32.1. The van der Waals surface area contributed by atoms with Crippen molar-refractivity contribution in [1.82, 2.24) is 4.98 Å². The third-order valence-electron chi connectivity index (χ3n) is 3.80. The van der Waals surface area contributed by atoms with Crippen molar-refractivity contribution >= 4 is 22.8 Å². The van der Waals surface area contributed by atoms with Gasteiger partial charge in [0.25, 0.3) is 0 Å². The first-order valence-corrected chi connectivity index (χ1v) is 7.01. The molecule has 4 heteroatoms. The standard InChI is InChI=1S/C13H20N2OS/c1-5-13(2,3)15(4)12-14-11(9-6-7-9)10(8-16)17-12/h8-9H,5-7H2,1-4H3. The summed E-state index contributed by atoms with van der Waals surface area (Å²) in [7, 11) is 2.06. The number of hydrogen-bond acceptors (Lipinski definition) is 4.